The molecule has 1 amide bonds. The van der Waals surface area contributed by atoms with Crippen LogP contribution in [0.2, 0.25) is 0 Å². The molecule has 20 heavy (non-hydrogen) atoms. The highest BCUT2D eigenvalue weighted by Gasteiger charge is 2.05. The van der Waals surface area contributed by atoms with E-state index in [4.69, 9.17) is 19.3 Å². The fourth-order valence-corrected chi connectivity index (χ4v) is 1.42. The molecule has 0 saturated carbocycles. The van der Waals surface area contributed by atoms with E-state index in [0.29, 0.717) is 33.0 Å². The van der Waals surface area contributed by atoms with Gasteiger partial charge in [0.15, 0.2) is 0 Å². The van der Waals surface area contributed by atoms with Gasteiger partial charge in [0.2, 0.25) is 5.91 Å². The van der Waals surface area contributed by atoms with Gasteiger partial charge in [0, 0.05) is 19.6 Å². The number of hydrogen-bond donors (Lipinski definition) is 2. The molecule has 1 fully saturated rings. The largest absolute Gasteiger partial charge is 0.394 e. The zero-order chi connectivity index (χ0) is 14.9. The number of unbranched alkanes of at least 4 members (excludes halogenated alkanes) is 1. The van der Waals surface area contributed by atoms with Crippen molar-refractivity contribution in [1.82, 2.24) is 5.32 Å². The van der Waals surface area contributed by atoms with E-state index < -0.39 is 0 Å². The van der Waals surface area contributed by atoms with Gasteiger partial charge in [-0.25, -0.2) is 0 Å². The quantitative estimate of drug-likeness (QED) is 0.549. The van der Waals surface area contributed by atoms with Crippen molar-refractivity contribution in [3.05, 3.63) is 0 Å². The number of aliphatic hydroxyl groups excluding tert-OH is 1. The first-order valence-corrected chi connectivity index (χ1v) is 7.42. The number of carbonyl (C=O) groups excluding carboxylic acids is 1. The van der Waals surface area contributed by atoms with E-state index in [0.717, 1.165) is 38.8 Å². The van der Waals surface area contributed by atoms with Crippen LogP contribution in [-0.2, 0) is 19.0 Å². The summed E-state index contributed by atoms with van der Waals surface area (Å²) in [5.74, 6) is 0.204. The number of hydrogen-bond acceptors (Lipinski definition) is 5. The first-order valence-electron chi connectivity index (χ1n) is 7.42. The summed E-state index contributed by atoms with van der Waals surface area (Å²) in [6.07, 6.45) is 4.04. The molecule has 0 spiro atoms. The van der Waals surface area contributed by atoms with Gasteiger partial charge >= 0.3 is 0 Å². The van der Waals surface area contributed by atoms with E-state index in [1.807, 2.05) is 0 Å². The van der Waals surface area contributed by atoms with Gasteiger partial charge in [-0.1, -0.05) is 13.3 Å². The molecule has 2 N–H and O–H groups in total. The lowest BCUT2D eigenvalue weighted by Crippen LogP contribution is -2.12. The van der Waals surface area contributed by atoms with Gasteiger partial charge < -0.3 is 24.6 Å². The summed E-state index contributed by atoms with van der Waals surface area (Å²) in [6.45, 7) is 6.67. The van der Waals surface area contributed by atoms with Gasteiger partial charge in [0.1, 0.15) is 0 Å². The lowest BCUT2D eigenvalue weighted by Gasteiger charge is -2.05. The maximum absolute atomic E-state index is 10.1. The molecule has 1 aliphatic heterocycles. The van der Waals surface area contributed by atoms with Crippen LogP contribution in [0.4, 0.5) is 0 Å². The van der Waals surface area contributed by atoms with E-state index in [9.17, 15) is 4.79 Å². The molecular formula is C14H29NO5. The Kier molecular flexibility index (Phi) is 15.8. The second-order valence-electron chi connectivity index (χ2n) is 4.37. The van der Waals surface area contributed by atoms with Crippen LogP contribution in [-0.4, -0.2) is 63.8 Å². The van der Waals surface area contributed by atoms with E-state index in [2.05, 4.69) is 12.2 Å². The van der Waals surface area contributed by atoms with E-state index in [1.165, 1.54) is 0 Å². The molecule has 6 nitrogen and oxygen atoms in total. The second kappa shape index (κ2) is 16.4. The Bertz CT molecular complexity index is 194. The predicted octanol–water partition coefficient (Wildman–Crippen LogP) is 0.725. The van der Waals surface area contributed by atoms with Crippen LogP contribution in [0.1, 0.15) is 32.6 Å². The molecule has 1 aliphatic rings. The minimum atomic E-state index is 0.0696. The highest BCUT2D eigenvalue weighted by atomic mass is 16.5. The van der Waals surface area contributed by atoms with Crippen molar-refractivity contribution >= 4 is 5.91 Å². The predicted molar refractivity (Wildman–Crippen MR) is 76.7 cm³/mol. The monoisotopic (exact) mass is 291 g/mol. The average Bonchev–Trinajstić information content (AvgIpc) is 2.93. The Morgan fingerprint density at radius 3 is 2.05 bits per heavy atom. The van der Waals surface area contributed by atoms with Crippen molar-refractivity contribution in [2.75, 3.05) is 52.8 Å². The molecule has 0 unspecified atom stereocenters. The SMILES string of the molecule is CCCCOCCOCCOCCO.O=C1CCCN1. The summed E-state index contributed by atoms with van der Waals surface area (Å²) in [5.41, 5.74) is 0. The standard InChI is InChI=1S/C10H22O4.C4H7NO/c1-2-3-5-12-7-9-14-10-8-13-6-4-11;6-4-2-1-3-5-4/h11H,2-10H2,1H3;1-3H2,(H,5,6). The summed E-state index contributed by atoms with van der Waals surface area (Å²) in [6, 6.07) is 0. The van der Waals surface area contributed by atoms with Gasteiger partial charge in [-0.15, -0.1) is 0 Å². The molecule has 120 valence electrons. The maximum atomic E-state index is 10.1. The number of aliphatic hydroxyl groups is 1. The summed E-state index contributed by atoms with van der Waals surface area (Å²) < 4.78 is 15.5. The number of amides is 1. The van der Waals surface area contributed by atoms with E-state index in [-0.39, 0.29) is 12.5 Å². The van der Waals surface area contributed by atoms with Gasteiger partial charge in [-0.05, 0) is 12.8 Å². The van der Waals surface area contributed by atoms with Crippen LogP contribution in [0.3, 0.4) is 0 Å². The third-order valence-corrected chi connectivity index (χ3v) is 2.52. The molecule has 1 saturated heterocycles. The normalized spacial score (nSPS) is 13.8. The van der Waals surface area contributed by atoms with Gasteiger partial charge in [-0.2, -0.15) is 0 Å². The number of rotatable bonds is 11. The van der Waals surface area contributed by atoms with Crippen LogP contribution in [0.5, 0.6) is 0 Å². The van der Waals surface area contributed by atoms with Crippen LogP contribution < -0.4 is 5.32 Å². The smallest absolute Gasteiger partial charge is 0.220 e. The van der Waals surface area contributed by atoms with Crippen molar-refractivity contribution in [2.45, 2.75) is 32.6 Å². The Morgan fingerprint density at radius 1 is 1.05 bits per heavy atom. The molecule has 0 bridgehead atoms. The van der Waals surface area contributed by atoms with Crippen molar-refractivity contribution in [2.24, 2.45) is 0 Å². The van der Waals surface area contributed by atoms with Crippen molar-refractivity contribution in [1.29, 1.82) is 0 Å². The average molecular weight is 291 g/mol. The summed E-state index contributed by atoms with van der Waals surface area (Å²) >= 11 is 0. The number of ether oxygens (including phenoxy) is 3. The van der Waals surface area contributed by atoms with Gasteiger partial charge in [-0.3, -0.25) is 4.79 Å². The third kappa shape index (κ3) is 15.4. The minimum absolute atomic E-state index is 0.0696. The minimum Gasteiger partial charge on any atom is -0.394 e. The molecule has 6 heteroatoms. The van der Waals surface area contributed by atoms with Crippen LogP contribution in [0.15, 0.2) is 0 Å². The summed E-state index contributed by atoms with van der Waals surface area (Å²) in [5, 5.41) is 11.1. The number of nitrogens with one attached hydrogen (secondary N) is 1. The highest BCUT2D eigenvalue weighted by Crippen LogP contribution is 1.93. The molecule has 1 rings (SSSR count). The molecule has 0 aliphatic carbocycles. The lowest BCUT2D eigenvalue weighted by atomic mass is 10.4. The van der Waals surface area contributed by atoms with Crippen molar-refractivity contribution < 1.29 is 24.1 Å². The fourth-order valence-electron chi connectivity index (χ4n) is 1.42. The van der Waals surface area contributed by atoms with Gasteiger partial charge in [0.05, 0.1) is 39.6 Å². The topological polar surface area (TPSA) is 77.0 Å². The van der Waals surface area contributed by atoms with Crippen LogP contribution >= 0.6 is 0 Å². The molecule has 0 radical (unpaired) electrons. The molecule has 0 atom stereocenters. The Labute approximate surface area is 121 Å². The van der Waals surface area contributed by atoms with E-state index in [1.54, 1.807) is 0 Å². The third-order valence-electron chi connectivity index (χ3n) is 2.52. The summed E-state index contributed by atoms with van der Waals surface area (Å²) in [4.78, 5) is 10.1. The summed E-state index contributed by atoms with van der Waals surface area (Å²) in [7, 11) is 0. The fraction of sp³-hybridized carbons (Fsp3) is 0.929. The Balaban J connectivity index is 0.000000493. The Morgan fingerprint density at radius 2 is 1.65 bits per heavy atom. The van der Waals surface area contributed by atoms with Crippen molar-refractivity contribution in [3.63, 3.8) is 0 Å². The maximum Gasteiger partial charge on any atom is 0.220 e. The molecular weight excluding hydrogens is 262 g/mol. The Hall–Kier alpha value is -0.690. The van der Waals surface area contributed by atoms with Gasteiger partial charge in [0.25, 0.3) is 0 Å². The lowest BCUT2D eigenvalue weighted by molar-refractivity contribution is -0.119. The first-order chi connectivity index (χ1) is 9.81. The zero-order valence-electron chi connectivity index (χ0n) is 12.6. The van der Waals surface area contributed by atoms with Crippen LogP contribution in [0.25, 0.3) is 0 Å². The number of carbonyl (C=O) groups is 1. The molecule has 0 aromatic carbocycles. The molecule has 0 aromatic heterocycles. The highest BCUT2D eigenvalue weighted by molar-refractivity contribution is 5.77. The molecule has 1 heterocycles. The van der Waals surface area contributed by atoms with E-state index >= 15 is 0 Å². The second-order valence-corrected chi connectivity index (χ2v) is 4.37. The molecule has 0 aromatic rings. The first kappa shape index (κ1) is 19.3. The van der Waals surface area contributed by atoms with Crippen LogP contribution in [0, 0.1) is 0 Å². The van der Waals surface area contributed by atoms with Crippen molar-refractivity contribution in [3.8, 4) is 0 Å². The zero-order valence-corrected chi connectivity index (χ0v) is 12.6.